The van der Waals surface area contributed by atoms with Crippen LogP contribution in [0.25, 0.3) is 0 Å². The topological polar surface area (TPSA) is 36.0 Å². The maximum Gasteiger partial charge on any atom is 0.239 e. The fraction of sp³-hybridized carbons (Fsp3) is 0.833. The number of carbonyl (C=O) groups is 1. The smallest absolute Gasteiger partial charge is 0.239 e. The van der Waals surface area contributed by atoms with Gasteiger partial charge in [0.05, 0.1) is 19.3 Å². The van der Waals surface area contributed by atoms with Crippen LogP contribution in [0.3, 0.4) is 0 Å². The fourth-order valence-corrected chi connectivity index (χ4v) is 3.48. The molecule has 0 aromatic carbocycles. The number of carbonyl (C=O) groups excluding carboxylic acids is 1. The molecule has 0 aromatic rings. The predicted octanol–water partition coefficient (Wildman–Crippen LogP) is 1.60. The van der Waals surface area contributed by atoms with Gasteiger partial charge in [-0.2, -0.15) is 0 Å². The van der Waals surface area contributed by atoms with Gasteiger partial charge in [0.2, 0.25) is 5.91 Å². The van der Waals surface area contributed by atoms with Crippen LogP contribution < -0.4 is 0 Å². The number of nitrogens with zero attached hydrogens (tertiary/aromatic N) is 3. The molecule has 0 aromatic heterocycles. The van der Waals surface area contributed by atoms with E-state index in [0.717, 1.165) is 71.9 Å². The van der Waals surface area contributed by atoms with Crippen molar-refractivity contribution in [2.45, 2.75) is 39.7 Å². The molecule has 2 aliphatic rings. The van der Waals surface area contributed by atoms with Gasteiger partial charge in [-0.1, -0.05) is 18.6 Å². The molecule has 2 fully saturated rings. The van der Waals surface area contributed by atoms with Gasteiger partial charge in [0.15, 0.2) is 0 Å². The average molecular weight is 323 g/mol. The Kier molecular flexibility index (Phi) is 7.53. The first-order chi connectivity index (χ1) is 11.2. The van der Waals surface area contributed by atoms with Crippen molar-refractivity contribution in [3.63, 3.8) is 0 Å². The normalized spacial score (nSPS) is 23.6. The first-order valence-electron chi connectivity index (χ1n) is 9.10. The Labute approximate surface area is 141 Å². The molecule has 0 spiro atoms. The summed E-state index contributed by atoms with van der Waals surface area (Å²) in [6.45, 7) is 14.5. The molecular weight excluding hydrogens is 290 g/mol. The van der Waals surface area contributed by atoms with E-state index in [0.29, 0.717) is 5.91 Å². The summed E-state index contributed by atoms with van der Waals surface area (Å²) in [6, 6.07) is 0.0303. The highest BCUT2D eigenvalue weighted by atomic mass is 16.5. The fourth-order valence-electron chi connectivity index (χ4n) is 3.48. The minimum Gasteiger partial charge on any atom is -0.379 e. The quantitative estimate of drug-likeness (QED) is 0.720. The number of hydrogen-bond donors (Lipinski definition) is 0. The maximum absolute atomic E-state index is 13.0. The van der Waals surface area contributed by atoms with Crippen LogP contribution in [0.1, 0.15) is 33.6 Å². The molecule has 5 nitrogen and oxygen atoms in total. The SMILES string of the molecule is C/C=C(\C)CN1CCCN(C(=O)C(CC)N2CCOCC2)CC1. The van der Waals surface area contributed by atoms with Crippen molar-refractivity contribution in [2.24, 2.45) is 0 Å². The summed E-state index contributed by atoms with van der Waals surface area (Å²) in [6.07, 6.45) is 4.14. The zero-order valence-electron chi connectivity index (χ0n) is 15.1. The molecule has 2 saturated heterocycles. The van der Waals surface area contributed by atoms with Gasteiger partial charge in [-0.25, -0.2) is 0 Å². The van der Waals surface area contributed by atoms with Gasteiger partial charge in [-0.05, 0) is 26.7 Å². The number of morpholine rings is 1. The van der Waals surface area contributed by atoms with Gasteiger partial charge >= 0.3 is 0 Å². The summed E-state index contributed by atoms with van der Waals surface area (Å²) in [5.41, 5.74) is 1.41. The van der Waals surface area contributed by atoms with E-state index < -0.39 is 0 Å². The zero-order chi connectivity index (χ0) is 16.7. The highest BCUT2D eigenvalue weighted by Gasteiger charge is 2.30. The second-order valence-corrected chi connectivity index (χ2v) is 6.66. The Balaban J connectivity index is 1.90. The molecule has 1 unspecified atom stereocenters. The highest BCUT2D eigenvalue weighted by molar-refractivity contribution is 5.82. The summed E-state index contributed by atoms with van der Waals surface area (Å²) in [5, 5.41) is 0. The number of rotatable bonds is 5. The van der Waals surface area contributed by atoms with Crippen LogP contribution in [0.15, 0.2) is 11.6 Å². The molecule has 2 aliphatic heterocycles. The van der Waals surface area contributed by atoms with Crippen LogP contribution in [-0.2, 0) is 9.53 Å². The van der Waals surface area contributed by atoms with Gasteiger partial charge in [0.1, 0.15) is 0 Å². The number of amides is 1. The predicted molar refractivity (Wildman–Crippen MR) is 93.5 cm³/mol. The summed E-state index contributed by atoms with van der Waals surface area (Å²) >= 11 is 0. The summed E-state index contributed by atoms with van der Waals surface area (Å²) in [5.74, 6) is 0.319. The highest BCUT2D eigenvalue weighted by Crippen LogP contribution is 2.14. The number of allylic oxidation sites excluding steroid dienone is 1. The Bertz CT molecular complexity index is 405. The van der Waals surface area contributed by atoms with Gasteiger partial charge in [0, 0.05) is 45.8 Å². The third-order valence-corrected chi connectivity index (χ3v) is 5.02. The Hall–Kier alpha value is -0.910. The Morgan fingerprint density at radius 2 is 1.87 bits per heavy atom. The van der Waals surface area contributed by atoms with E-state index in [1.807, 2.05) is 0 Å². The van der Waals surface area contributed by atoms with E-state index in [9.17, 15) is 4.79 Å². The van der Waals surface area contributed by atoms with E-state index in [2.05, 4.69) is 41.5 Å². The molecule has 1 amide bonds. The van der Waals surface area contributed by atoms with Crippen LogP contribution in [-0.4, -0.2) is 85.7 Å². The summed E-state index contributed by atoms with van der Waals surface area (Å²) < 4.78 is 5.42. The first kappa shape index (κ1) is 18.4. The number of hydrogen-bond acceptors (Lipinski definition) is 4. The molecule has 23 heavy (non-hydrogen) atoms. The van der Waals surface area contributed by atoms with Gasteiger partial charge in [0.25, 0.3) is 0 Å². The minimum atomic E-state index is 0.0303. The Morgan fingerprint density at radius 1 is 1.13 bits per heavy atom. The lowest BCUT2D eigenvalue weighted by Crippen LogP contribution is -2.52. The largest absolute Gasteiger partial charge is 0.379 e. The van der Waals surface area contributed by atoms with Crippen molar-refractivity contribution in [2.75, 3.05) is 59.0 Å². The van der Waals surface area contributed by atoms with Crippen LogP contribution in [0.2, 0.25) is 0 Å². The van der Waals surface area contributed by atoms with Crippen LogP contribution >= 0.6 is 0 Å². The van der Waals surface area contributed by atoms with Crippen LogP contribution in [0.5, 0.6) is 0 Å². The van der Waals surface area contributed by atoms with Crippen LogP contribution in [0, 0.1) is 0 Å². The van der Waals surface area contributed by atoms with Crippen molar-refractivity contribution < 1.29 is 9.53 Å². The molecule has 1 atom stereocenters. The Morgan fingerprint density at radius 3 is 2.52 bits per heavy atom. The van der Waals surface area contributed by atoms with Crippen molar-refractivity contribution in [3.05, 3.63) is 11.6 Å². The molecule has 2 heterocycles. The third kappa shape index (κ3) is 5.30. The maximum atomic E-state index is 13.0. The van der Waals surface area contributed by atoms with E-state index in [4.69, 9.17) is 4.74 Å². The van der Waals surface area contributed by atoms with Crippen molar-refractivity contribution in [1.82, 2.24) is 14.7 Å². The first-order valence-corrected chi connectivity index (χ1v) is 9.10. The molecule has 0 saturated carbocycles. The summed E-state index contributed by atoms with van der Waals surface area (Å²) in [7, 11) is 0. The zero-order valence-corrected chi connectivity index (χ0v) is 15.1. The lowest BCUT2D eigenvalue weighted by atomic mass is 10.1. The molecule has 0 N–H and O–H groups in total. The van der Waals surface area contributed by atoms with Crippen LogP contribution in [0.4, 0.5) is 0 Å². The standard InChI is InChI=1S/C18H33N3O2/c1-4-16(3)15-19-7-6-8-21(10-9-19)18(22)17(5-2)20-11-13-23-14-12-20/h4,17H,5-15H2,1-3H3/b16-4+. The van der Waals surface area contributed by atoms with Gasteiger partial charge < -0.3 is 9.64 Å². The van der Waals surface area contributed by atoms with Crippen molar-refractivity contribution in [1.29, 1.82) is 0 Å². The monoisotopic (exact) mass is 323 g/mol. The second-order valence-electron chi connectivity index (χ2n) is 6.66. The lowest BCUT2D eigenvalue weighted by molar-refractivity contribution is -0.138. The van der Waals surface area contributed by atoms with Crippen molar-refractivity contribution >= 4 is 5.91 Å². The molecule has 5 heteroatoms. The molecule has 2 rings (SSSR count). The molecule has 0 radical (unpaired) electrons. The van der Waals surface area contributed by atoms with E-state index in [-0.39, 0.29) is 6.04 Å². The van der Waals surface area contributed by atoms with E-state index in [1.54, 1.807) is 0 Å². The second kappa shape index (κ2) is 9.40. The van der Waals surface area contributed by atoms with E-state index >= 15 is 0 Å². The molecule has 0 bridgehead atoms. The third-order valence-electron chi connectivity index (χ3n) is 5.02. The average Bonchev–Trinajstić information content (AvgIpc) is 2.82. The van der Waals surface area contributed by atoms with Gasteiger partial charge in [-0.15, -0.1) is 0 Å². The van der Waals surface area contributed by atoms with E-state index in [1.165, 1.54) is 5.57 Å². The molecule has 132 valence electrons. The number of ether oxygens (including phenoxy) is 1. The summed E-state index contributed by atoms with van der Waals surface area (Å²) in [4.78, 5) is 19.8. The molecular formula is C18H33N3O2. The van der Waals surface area contributed by atoms with Crippen molar-refractivity contribution in [3.8, 4) is 0 Å². The minimum absolute atomic E-state index is 0.0303. The molecule has 0 aliphatic carbocycles. The van der Waals surface area contributed by atoms with Gasteiger partial charge in [-0.3, -0.25) is 14.6 Å². The lowest BCUT2D eigenvalue weighted by Gasteiger charge is -2.36.